The molecular formula is C22H30F2IN5O. The molecule has 0 spiro atoms. The predicted molar refractivity (Wildman–Crippen MR) is 129 cm³/mol. The highest BCUT2D eigenvalue weighted by atomic mass is 127. The Morgan fingerprint density at radius 1 is 1.19 bits per heavy atom. The zero-order valence-corrected chi connectivity index (χ0v) is 20.0. The molecule has 1 aromatic heterocycles. The maximum Gasteiger partial charge on any atom is 0.191 e. The average Bonchev–Trinajstić information content (AvgIpc) is 2.76. The third-order valence-electron chi connectivity index (χ3n) is 4.91. The number of nitrogens with one attached hydrogen (secondary N) is 2. The molecule has 170 valence electrons. The molecule has 1 aromatic carbocycles. The zero-order chi connectivity index (χ0) is 21.2. The number of pyridine rings is 1. The Kier molecular flexibility index (Phi) is 10.9. The number of hydrogen-bond donors (Lipinski definition) is 2. The number of benzene rings is 1. The monoisotopic (exact) mass is 545 g/mol. The van der Waals surface area contributed by atoms with E-state index < -0.39 is 11.6 Å². The maximum absolute atomic E-state index is 13.2. The average molecular weight is 545 g/mol. The van der Waals surface area contributed by atoms with Crippen molar-refractivity contribution in [2.75, 3.05) is 32.8 Å². The van der Waals surface area contributed by atoms with Gasteiger partial charge in [0.2, 0.25) is 0 Å². The minimum atomic E-state index is -0.916. The number of aliphatic imine (C=N–C) groups is 1. The molecule has 1 aliphatic heterocycles. The van der Waals surface area contributed by atoms with Crippen LogP contribution in [-0.4, -0.2) is 54.7 Å². The fourth-order valence-corrected chi connectivity index (χ4v) is 3.36. The summed E-state index contributed by atoms with van der Waals surface area (Å²) in [6, 6.07) is 9.87. The summed E-state index contributed by atoms with van der Waals surface area (Å²) in [4.78, 5) is 11.3. The van der Waals surface area contributed by atoms with Gasteiger partial charge in [0.25, 0.3) is 0 Å². The molecule has 0 saturated carbocycles. The lowest BCUT2D eigenvalue weighted by Gasteiger charge is -2.32. The third kappa shape index (κ3) is 8.56. The summed E-state index contributed by atoms with van der Waals surface area (Å²) in [7, 11) is 0. The molecule has 2 heterocycles. The lowest BCUT2D eigenvalue weighted by Crippen LogP contribution is -2.48. The normalized spacial score (nSPS) is 15.3. The first-order chi connectivity index (χ1) is 14.6. The lowest BCUT2D eigenvalue weighted by atomic mass is 10.0. The van der Waals surface area contributed by atoms with Crippen LogP contribution >= 0.6 is 24.0 Å². The highest BCUT2D eigenvalue weighted by Crippen LogP contribution is 2.15. The molecule has 1 fully saturated rings. The van der Waals surface area contributed by atoms with Crippen molar-refractivity contribution < 1.29 is 13.5 Å². The van der Waals surface area contributed by atoms with E-state index >= 15 is 0 Å². The van der Waals surface area contributed by atoms with Crippen LogP contribution in [0.2, 0.25) is 0 Å². The molecular weight excluding hydrogens is 515 g/mol. The van der Waals surface area contributed by atoms with E-state index in [1.807, 2.05) is 25.3 Å². The Balaban J connectivity index is 0.00000341. The second-order valence-electron chi connectivity index (χ2n) is 7.20. The molecule has 0 bridgehead atoms. The maximum atomic E-state index is 13.2. The van der Waals surface area contributed by atoms with E-state index in [1.54, 1.807) is 0 Å². The van der Waals surface area contributed by atoms with Gasteiger partial charge in [-0.05, 0) is 44.0 Å². The standard InChI is InChI=1S/C22H29F2N5O.HI/c1-2-25-22(27-11-14-30-19-6-7-20(23)21(24)15-19)28-17-8-12-29(13-9-17)16-18-5-3-4-10-26-18;/h3-7,10,15,17H,2,8-9,11-14,16H2,1H3,(H2,25,27,28);1H. The number of piperidine rings is 1. The van der Waals surface area contributed by atoms with Gasteiger partial charge in [-0.15, -0.1) is 24.0 Å². The van der Waals surface area contributed by atoms with Gasteiger partial charge in [0.1, 0.15) is 12.4 Å². The van der Waals surface area contributed by atoms with Gasteiger partial charge in [-0.3, -0.25) is 9.88 Å². The molecule has 2 N–H and O–H groups in total. The Morgan fingerprint density at radius 2 is 2.00 bits per heavy atom. The van der Waals surface area contributed by atoms with Crippen LogP contribution in [0.5, 0.6) is 5.75 Å². The Morgan fingerprint density at radius 3 is 2.68 bits per heavy atom. The van der Waals surface area contributed by atoms with E-state index in [1.165, 1.54) is 6.07 Å². The van der Waals surface area contributed by atoms with Crippen molar-refractivity contribution in [2.24, 2.45) is 4.99 Å². The summed E-state index contributed by atoms with van der Waals surface area (Å²) in [5.74, 6) is -0.762. The van der Waals surface area contributed by atoms with E-state index in [0.29, 0.717) is 18.3 Å². The second-order valence-corrected chi connectivity index (χ2v) is 7.20. The Hall–Kier alpha value is -2.01. The second kappa shape index (κ2) is 13.4. The number of halogens is 3. The third-order valence-corrected chi connectivity index (χ3v) is 4.91. The first-order valence-electron chi connectivity index (χ1n) is 10.4. The number of guanidine groups is 1. The van der Waals surface area contributed by atoms with E-state index in [9.17, 15) is 8.78 Å². The summed E-state index contributed by atoms with van der Waals surface area (Å²) < 4.78 is 31.6. The molecule has 6 nitrogen and oxygen atoms in total. The van der Waals surface area contributed by atoms with Crippen LogP contribution < -0.4 is 15.4 Å². The van der Waals surface area contributed by atoms with Gasteiger partial charge in [0.05, 0.1) is 12.2 Å². The molecule has 9 heteroatoms. The molecule has 0 unspecified atom stereocenters. The van der Waals surface area contributed by atoms with Crippen LogP contribution in [0.1, 0.15) is 25.5 Å². The molecule has 31 heavy (non-hydrogen) atoms. The zero-order valence-electron chi connectivity index (χ0n) is 17.7. The van der Waals surface area contributed by atoms with Crippen molar-refractivity contribution in [3.8, 4) is 5.75 Å². The minimum absolute atomic E-state index is 0. The van der Waals surface area contributed by atoms with Gasteiger partial charge in [0.15, 0.2) is 17.6 Å². The fraction of sp³-hybridized carbons (Fsp3) is 0.455. The number of ether oxygens (including phenoxy) is 1. The van der Waals surface area contributed by atoms with Crippen molar-refractivity contribution in [1.29, 1.82) is 0 Å². The van der Waals surface area contributed by atoms with Crippen LogP contribution in [-0.2, 0) is 6.54 Å². The molecule has 0 amide bonds. The van der Waals surface area contributed by atoms with Crippen molar-refractivity contribution in [2.45, 2.75) is 32.4 Å². The molecule has 1 aliphatic rings. The van der Waals surface area contributed by atoms with Crippen LogP contribution in [0.15, 0.2) is 47.6 Å². The largest absolute Gasteiger partial charge is 0.492 e. The molecule has 2 aromatic rings. The van der Waals surface area contributed by atoms with Crippen molar-refractivity contribution in [3.05, 3.63) is 59.9 Å². The highest BCUT2D eigenvalue weighted by Gasteiger charge is 2.20. The molecule has 0 radical (unpaired) electrons. The van der Waals surface area contributed by atoms with E-state index in [4.69, 9.17) is 4.74 Å². The fourth-order valence-electron chi connectivity index (χ4n) is 3.36. The van der Waals surface area contributed by atoms with Crippen LogP contribution in [0.3, 0.4) is 0 Å². The Bertz CT molecular complexity index is 817. The quantitative estimate of drug-likeness (QED) is 0.230. The number of aromatic nitrogens is 1. The first-order valence-corrected chi connectivity index (χ1v) is 10.4. The van der Waals surface area contributed by atoms with Crippen LogP contribution in [0, 0.1) is 11.6 Å². The van der Waals surface area contributed by atoms with Gasteiger partial charge in [-0.25, -0.2) is 13.8 Å². The summed E-state index contributed by atoms with van der Waals surface area (Å²) in [5.41, 5.74) is 1.10. The predicted octanol–water partition coefficient (Wildman–Crippen LogP) is 3.58. The van der Waals surface area contributed by atoms with Crippen molar-refractivity contribution >= 4 is 29.9 Å². The van der Waals surface area contributed by atoms with Gasteiger partial charge in [-0.2, -0.15) is 0 Å². The molecule has 0 aliphatic carbocycles. The number of nitrogens with zero attached hydrogens (tertiary/aromatic N) is 3. The van der Waals surface area contributed by atoms with Gasteiger partial charge in [-0.1, -0.05) is 6.07 Å². The van der Waals surface area contributed by atoms with Crippen LogP contribution in [0.4, 0.5) is 8.78 Å². The van der Waals surface area contributed by atoms with E-state index in [-0.39, 0.29) is 30.6 Å². The minimum Gasteiger partial charge on any atom is -0.492 e. The smallest absolute Gasteiger partial charge is 0.191 e. The molecule has 0 atom stereocenters. The van der Waals surface area contributed by atoms with Gasteiger partial charge >= 0.3 is 0 Å². The summed E-state index contributed by atoms with van der Waals surface area (Å²) >= 11 is 0. The van der Waals surface area contributed by atoms with Gasteiger partial charge in [0, 0.05) is 44.5 Å². The van der Waals surface area contributed by atoms with Crippen molar-refractivity contribution in [1.82, 2.24) is 20.5 Å². The SMILES string of the molecule is CCNC(=NCCOc1ccc(F)c(F)c1)NC1CCN(Cc2ccccn2)CC1.I. The summed E-state index contributed by atoms with van der Waals surface area (Å²) in [5, 5.41) is 6.73. The highest BCUT2D eigenvalue weighted by molar-refractivity contribution is 14.0. The summed E-state index contributed by atoms with van der Waals surface area (Å²) in [6.07, 6.45) is 3.89. The number of likely N-dealkylation sites (tertiary alicyclic amines) is 1. The summed E-state index contributed by atoms with van der Waals surface area (Å²) in [6.45, 7) is 6.36. The van der Waals surface area contributed by atoms with E-state index in [2.05, 4.69) is 31.6 Å². The number of hydrogen-bond acceptors (Lipinski definition) is 4. The number of rotatable bonds is 8. The molecule has 3 rings (SSSR count). The van der Waals surface area contributed by atoms with Crippen molar-refractivity contribution in [3.63, 3.8) is 0 Å². The van der Waals surface area contributed by atoms with Gasteiger partial charge < -0.3 is 15.4 Å². The van der Waals surface area contributed by atoms with E-state index in [0.717, 1.165) is 62.8 Å². The lowest BCUT2D eigenvalue weighted by molar-refractivity contribution is 0.196. The Labute approximate surface area is 199 Å². The first kappa shape index (κ1) is 25.3. The van der Waals surface area contributed by atoms with Crippen LogP contribution in [0.25, 0.3) is 0 Å². The molecule has 1 saturated heterocycles. The topological polar surface area (TPSA) is 61.8 Å².